The van der Waals surface area contributed by atoms with E-state index in [1.807, 2.05) is 30.3 Å². The van der Waals surface area contributed by atoms with Gasteiger partial charge in [0.15, 0.2) is 4.34 Å². The van der Waals surface area contributed by atoms with E-state index in [9.17, 15) is 0 Å². The minimum absolute atomic E-state index is 0.775. The number of ether oxygens (including phenoxy) is 1. The van der Waals surface area contributed by atoms with Crippen molar-refractivity contribution in [3.63, 3.8) is 0 Å². The van der Waals surface area contributed by atoms with Crippen LogP contribution in [-0.4, -0.2) is 12.1 Å². The minimum Gasteiger partial charge on any atom is -0.497 e. The van der Waals surface area contributed by atoms with Crippen molar-refractivity contribution in [2.45, 2.75) is 10.1 Å². The molecule has 3 rings (SSSR count). The summed E-state index contributed by atoms with van der Waals surface area (Å²) < 4.78 is 7.46. The maximum absolute atomic E-state index is 5.88. The molecular weight excluding hydrogens is 342 g/mol. The standard InChI is InChI=1S/C15H12ClNOS3/c1-18-12-6-7-13-14(8-12)20-15(17-13)21-19-9-10-2-4-11(16)5-3-10/h2-8H,9H2,1H3. The molecule has 0 aliphatic heterocycles. The van der Waals surface area contributed by atoms with E-state index < -0.39 is 0 Å². The number of halogens is 1. The molecule has 0 atom stereocenters. The summed E-state index contributed by atoms with van der Waals surface area (Å²) in [6, 6.07) is 13.9. The fourth-order valence-electron chi connectivity index (χ4n) is 1.77. The molecule has 0 amide bonds. The number of nitrogens with zero attached hydrogens (tertiary/aromatic N) is 1. The van der Waals surface area contributed by atoms with Gasteiger partial charge in [-0.15, -0.1) is 11.3 Å². The summed E-state index contributed by atoms with van der Waals surface area (Å²) >= 11 is 7.58. The Hall–Kier alpha value is -0.880. The highest BCUT2D eigenvalue weighted by molar-refractivity contribution is 8.76. The third-order valence-corrected chi connectivity index (χ3v) is 6.71. The zero-order chi connectivity index (χ0) is 14.7. The summed E-state index contributed by atoms with van der Waals surface area (Å²) in [5, 5.41) is 0.775. The second-order valence-electron chi connectivity index (χ2n) is 4.29. The Morgan fingerprint density at radius 1 is 1.19 bits per heavy atom. The van der Waals surface area contributed by atoms with Crippen LogP contribution in [0.25, 0.3) is 10.2 Å². The van der Waals surface area contributed by atoms with Gasteiger partial charge in [0, 0.05) is 10.8 Å². The molecule has 0 radical (unpaired) electrons. The molecule has 0 aliphatic rings. The van der Waals surface area contributed by atoms with Crippen LogP contribution in [0.4, 0.5) is 0 Å². The predicted octanol–water partition coefficient (Wildman–Crippen LogP) is 5.90. The maximum atomic E-state index is 5.88. The number of fused-ring (bicyclic) bond motifs is 1. The molecule has 0 spiro atoms. The van der Waals surface area contributed by atoms with Gasteiger partial charge < -0.3 is 4.74 Å². The van der Waals surface area contributed by atoms with E-state index in [2.05, 4.69) is 17.1 Å². The highest BCUT2D eigenvalue weighted by Crippen LogP contribution is 2.39. The molecule has 0 N–H and O–H groups in total. The predicted molar refractivity (Wildman–Crippen MR) is 94.8 cm³/mol. The van der Waals surface area contributed by atoms with E-state index in [1.165, 1.54) is 5.56 Å². The van der Waals surface area contributed by atoms with Crippen molar-refractivity contribution in [3.05, 3.63) is 53.1 Å². The number of hydrogen-bond donors (Lipinski definition) is 0. The lowest BCUT2D eigenvalue weighted by molar-refractivity contribution is 0.415. The number of methoxy groups -OCH3 is 1. The van der Waals surface area contributed by atoms with E-state index >= 15 is 0 Å². The SMILES string of the molecule is COc1ccc2nc(SSCc3ccc(Cl)cc3)sc2c1. The summed E-state index contributed by atoms with van der Waals surface area (Å²) in [6.07, 6.45) is 0. The van der Waals surface area contributed by atoms with E-state index in [0.717, 1.165) is 31.1 Å². The number of hydrogen-bond acceptors (Lipinski definition) is 5. The van der Waals surface area contributed by atoms with Gasteiger partial charge in [0.05, 0.1) is 17.3 Å². The normalized spacial score (nSPS) is 11.0. The van der Waals surface area contributed by atoms with Crippen LogP contribution in [0.3, 0.4) is 0 Å². The van der Waals surface area contributed by atoms with Gasteiger partial charge in [0.1, 0.15) is 5.75 Å². The molecule has 0 saturated carbocycles. The second-order valence-corrected chi connectivity index (χ2v) is 8.30. The summed E-state index contributed by atoms with van der Waals surface area (Å²) in [7, 11) is 5.17. The summed E-state index contributed by atoms with van der Waals surface area (Å²) in [4.78, 5) is 4.62. The van der Waals surface area contributed by atoms with Gasteiger partial charge in [-0.05, 0) is 46.7 Å². The van der Waals surface area contributed by atoms with Crippen LogP contribution >= 0.6 is 44.5 Å². The molecule has 108 valence electrons. The van der Waals surface area contributed by atoms with E-state index in [1.54, 1.807) is 40.0 Å². The van der Waals surface area contributed by atoms with Crippen molar-refractivity contribution in [2.24, 2.45) is 0 Å². The Balaban J connectivity index is 1.63. The summed E-state index contributed by atoms with van der Waals surface area (Å²) in [5.74, 6) is 1.80. The van der Waals surface area contributed by atoms with Crippen LogP contribution in [-0.2, 0) is 5.75 Å². The number of aromatic nitrogens is 1. The molecular formula is C15H12ClNOS3. The van der Waals surface area contributed by atoms with Crippen molar-refractivity contribution in [1.29, 1.82) is 0 Å². The number of thiazole rings is 1. The van der Waals surface area contributed by atoms with Crippen LogP contribution in [0.5, 0.6) is 5.75 Å². The Labute approximate surface area is 140 Å². The van der Waals surface area contributed by atoms with Gasteiger partial charge in [-0.2, -0.15) is 0 Å². The van der Waals surface area contributed by atoms with Crippen molar-refractivity contribution in [3.8, 4) is 5.75 Å². The van der Waals surface area contributed by atoms with Crippen LogP contribution in [0.15, 0.2) is 46.8 Å². The quantitative estimate of drug-likeness (QED) is 0.532. The Bertz CT molecular complexity index is 742. The molecule has 2 aromatic carbocycles. The van der Waals surface area contributed by atoms with E-state index in [0.29, 0.717) is 0 Å². The van der Waals surface area contributed by atoms with E-state index in [4.69, 9.17) is 16.3 Å². The van der Waals surface area contributed by atoms with Crippen LogP contribution in [0, 0.1) is 0 Å². The maximum Gasteiger partial charge on any atom is 0.161 e. The fraction of sp³-hybridized carbons (Fsp3) is 0.133. The summed E-state index contributed by atoms with van der Waals surface area (Å²) in [6.45, 7) is 0. The van der Waals surface area contributed by atoms with Crippen LogP contribution < -0.4 is 4.74 Å². The smallest absolute Gasteiger partial charge is 0.161 e. The second kappa shape index (κ2) is 6.92. The van der Waals surface area contributed by atoms with Gasteiger partial charge in [-0.3, -0.25) is 0 Å². The molecule has 0 bridgehead atoms. The minimum atomic E-state index is 0.775. The Morgan fingerprint density at radius 2 is 2.00 bits per heavy atom. The lowest BCUT2D eigenvalue weighted by atomic mass is 10.2. The highest BCUT2D eigenvalue weighted by Gasteiger charge is 2.06. The van der Waals surface area contributed by atoms with Gasteiger partial charge in [-0.25, -0.2) is 4.98 Å². The molecule has 1 aromatic heterocycles. The van der Waals surface area contributed by atoms with Crippen molar-refractivity contribution < 1.29 is 4.74 Å². The molecule has 1 heterocycles. The Kier molecular flexibility index (Phi) is 4.95. The first kappa shape index (κ1) is 15.0. The largest absolute Gasteiger partial charge is 0.497 e. The first-order valence-electron chi connectivity index (χ1n) is 6.23. The zero-order valence-electron chi connectivity index (χ0n) is 11.2. The average Bonchev–Trinajstić information content (AvgIpc) is 2.91. The highest BCUT2D eigenvalue weighted by atomic mass is 35.5. The monoisotopic (exact) mass is 353 g/mol. The molecule has 0 saturated heterocycles. The van der Waals surface area contributed by atoms with E-state index in [-0.39, 0.29) is 0 Å². The molecule has 3 aromatic rings. The lowest BCUT2D eigenvalue weighted by Crippen LogP contribution is -1.80. The van der Waals surface area contributed by atoms with Crippen molar-refractivity contribution >= 4 is 54.7 Å². The first-order chi connectivity index (χ1) is 10.2. The molecule has 6 heteroatoms. The average molecular weight is 354 g/mol. The molecule has 0 fully saturated rings. The fourth-order valence-corrected chi connectivity index (χ4v) is 5.39. The molecule has 2 nitrogen and oxygen atoms in total. The van der Waals surface area contributed by atoms with Crippen LogP contribution in [0.2, 0.25) is 5.02 Å². The third-order valence-electron chi connectivity index (χ3n) is 2.85. The molecule has 21 heavy (non-hydrogen) atoms. The van der Waals surface area contributed by atoms with Gasteiger partial charge in [0.25, 0.3) is 0 Å². The van der Waals surface area contributed by atoms with Crippen molar-refractivity contribution in [2.75, 3.05) is 7.11 Å². The van der Waals surface area contributed by atoms with Crippen molar-refractivity contribution in [1.82, 2.24) is 4.98 Å². The van der Waals surface area contributed by atoms with Crippen LogP contribution in [0.1, 0.15) is 5.56 Å². The van der Waals surface area contributed by atoms with Gasteiger partial charge in [-0.1, -0.05) is 34.5 Å². The van der Waals surface area contributed by atoms with Gasteiger partial charge >= 0.3 is 0 Å². The topological polar surface area (TPSA) is 22.1 Å². The first-order valence-corrected chi connectivity index (χ1v) is 9.74. The third kappa shape index (κ3) is 3.86. The number of rotatable bonds is 5. The zero-order valence-corrected chi connectivity index (χ0v) is 14.4. The lowest BCUT2D eigenvalue weighted by Gasteiger charge is -1.99. The van der Waals surface area contributed by atoms with Gasteiger partial charge in [0.2, 0.25) is 0 Å². The Morgan fingerprint density at radius 3 is 2.76 bits per heavy atom. The number of benzene rings is 2. The molecule has 0 unspecified atom stereocenters. The molecule has 0 aliphatic carbocycles. The summed E-state index contributed by atoms with van der Waals surface area (Å²) in [5.41, 5.74) is 2.29.